The summed E-state index contributed by atoms with van der Waals surface area (Å²) in [5, 5.41) is 4.84. The molecule has 1 fully saturated rings. The Morgan fingerprint density at radius 1 is 1.25 bits per heavy atom. The molecule has 2 unspecified atom stereocenters. The maximum atomic E-state index is 3.51. The lowest BCUT2D eigenvalue weighted by Crippen LogP contribution is -2.33. The quantitative estimate of drug-likeness (QED) is 0.750. The van der Waals surface area contributed by atoms with E-state index < -0.39 is 0 Å². The Kier molecular flexibility index (Phi) is 2.44. The first-order valence-corrected chi connectivity index (χ1v) is 6.13. The van der Waals surface area contributed by atoms with Crippen LogP contribution in [0.1, 0.15) is 24.8 Å². The molecule has 0 bridgehead atoms. The third kappa shape index (κ3) is 1.54. The van der Waals surface area contributed by atoms with Gasteiger partial charge in [0.2, 0.25) is 0 Å². The molecule has 2 N–H and O–H groups in total. The summed E-state index contributed by atoms with van der Waals surface area (Å²) in [7, 11) is 0. The molecule has 2 nitrogen and oxygen atoms in total. The van der Waals surface area contributed by atoms with Crippen molar-refractivity contribution in [1.82, 2.24) is 10.3 Å². The SMILES string of the molecule is CC1CCNCC1c1cccc2cc[nH]c12. The Balaban J connectivity index is 2.07. The van der Waals surface area contributed by atoms with E-state index in [2.05, 4.69) is 41.5 Å². The summed E-state index contributed by atoms with van der Waals surface area (Å²) in [5.41, 5.74) is 2.80. The summed E-state index contributed by atoms with van der Waals surface area (Å²) in [6.45, 7) is 4.64. The Hall–Kier alpha value is -1.28. The fraction of sp³-hybridized carbons (Fsp3) is 0.429. The van der Waals surface area contributed by atoms with Gasteiger partial charge in [-0.3, -0.25) is 0 Å². The Labute approximate surface area is 96.1 Å². The molecule has 1 aromatic carbocycles. The zero-order chi connectivity index (χ0) is 11.0. The van der Waals surface area contributed by atoms with Crippen molar-refractivity contribution in [2.24, 2.45) is 5.92 Å². The number of hydrogen-bond acceptors (Lipinski definition) is 1. The maximum absolute atomic E-state index is 3.51. The number of fused-ring (bicyclic) bond motifs is 1. The van der Waals surface area contributed by atoms with E-state index in [0.717, 1.165) is 12.5 Å². The number of para-hydroxylation sites is 1. The summed E-state index contributed by atoms with van der Waals surface area (Å²) in [6, 6.07) is 8.77. The largest absolute Gasteiger partial charge is 0.361 e. The number of benzene rings is 1. The van der Waals surface area contributed by atoms with Crippen LogP contribution in [0, 0.1) is 5.92 Å². The lowest BCUT2D eigenvalue weighted by Gasteiger charge is -2.30. The van der Waals surface area contributed by atoms with E-state index in [-0.39, 0.29) is 0 Å². The zero-order valence-electron chi connectivity index (χ0n) is 9.66. The molecule has 1 aliphatic heterocycles. The zero-order valence-corrected chi connectivity index (χ0v) is 9.66. The molecule has 16 heavy (non-hydrogen) atoms. The number of aromatic amines is 1. The molecule has 84 valence electrons. The standard InChI is InChI=1S/C14H18N2/c1-10-5-7-15-9-13(10)12-4-2-3-11-6-8-16-14(11)12/h2-4,6,8,10,13,15-16H,5,7,9H2,1H3. The number of hydrogen-bond donors (Lipinski definition) is 2. The highest BCUT2D eigenvalue weighted by molar-refractivity contribution is 5.83. The number of rotatable bonds is 1. The van der Waals surface area contributed by atoms with Crippen LogP contribution in [-0.2, 0) is 0 Å². The van der Waals surface area contributed by atoms with Crippen LogP contribution >= 0.6 is 0 Å². The smallest absolute Gasteiger partial charge is 0.0489 e. The van der Waals surface area contributed by atoms with E-state index in [4.69, 9.17) is 0 Å². The van der Waals surface area contributed by atoms with Gasteiger partial charge in [0.25, 0.3) is 0 Å². The fourth-order valence-electron chi connectivity index (χ4n) is 2.82. The first kappa shape index (κ1) is 9.91. The van der Waals surface area contributed by atoms with Gasteiger partial charge >= 0.3 is 0 Å². The predicted molar refractivity (Wildman–Crippen MR) is 67.7 cm³/mol. The molecule has 2 atom stereocenters. The van der Waals surface area contributed by atoms with Gasteiger partial charge in [-0.05, 0) is 35.9 Å². The Morgan fingerprint density at radius 3 is 3.06 bits per heavy atom. The first-order chi connectivity index (χ1) is 7.86. The van der Waals surface area contributed by atoms with E-state index in [9.17, 15) is 0 Å². The number of nitrogens with one attached hydrogen (secondary N) is 2. The summed E-state index contributed by atoms with van der Waals surface area (Å²) in [6.07, 6.45) is 3.32. The summed E-state index contributed by atoms with van der Waals surface area (Å²) in [5.74, 6) is 1.42. The van der Waals surface area contributed by atoms with Crippen LogP contribution in [-0.4, -0.2) is 18.1 Å². The number of aromatic nitrogens is 1. The van der Waals surface area contributed by atoms with Crippen LogP contribution in [0.2, 0.25) is 0 Å². The van der Waals surface area contributed by atoms with Crippen molar-refractivity contribution in [1.29, 1.82) is 0 Å². The van der Waals surface area contributed by atoms with Crippen molar-refractivity contribution in [2.45, 2.75) is 19.3 Å². The highest BCUT2D eigenvalue weighted by Gasteiger charge is 2.24. The van der Waals surface area contributed by atoms with E-state index in [0.29, 0.717) is 5.92 Å². The van der Waals surface area contributed by atoms with Crippen molar-refractivity contribution < 1.29 is 0 Å². The normalized spacial score (nSPS) is 26.1. The molecule has 1 saturated heterocycles. The van der Waals surface area contributed by atoms with Gasteiger partial charge in [-0.1, -0.05) is 25.1 Å². The molecule has 0 aliphatic carbocycles. The van der Waals surface area contributed by atoms with Crippen molar-refractivity contribution in [3.8, 4) is 0 Å². The lowest BCUT2D eigenvalue weighted by molar-refractivity contribution is 0.349. The van der Waals surface area contributed by atoms with Crippen LogP contribution in [0.5, 0.6) is 0 Å². The van der Waals surface area contributed by atoms with E-state index in [1.54, 1.807) is 0 Å². The van der Waals surface area contributed by atoms with E-state index in [1.165, 1.54) is 29.4 Å². The van der Waals surface area contributed by atoms with Gasteiger partial charge in [-0.15, -0.1) is 0 Å². The van der Waals surface area contributed by atoms with E-state index in [1.807, 2.05) is 6.20 Å². The summed E-state index contributed by atoms with van der Waals surface area (Å²) >= 11 is 0. The van der Waals surface area contributed by atoms with Crippen molar-refractivity contribution in [3.05, 3.63) is 36.0 Å². The summed E-state index contributed by atoms with van der Waals surface area (Å²) in [4.78, 5) is 3.38. The molecule has 0 saturated carbocycles. The third-order valence-electron chi connectivity index (χ3n) is 3.85. The van der Waals surface area contributed by atoms with Gasteiger partial charge in [0.05, 0.1) is 0 Å². The summed E-state index contributed by atoms with van der Waals surface area (Å²) < 4.78 is 0. The molecule has 0 amide bonds. The fourth-order valence-corrected chi connectivity index (χ4v) is 2.82. The van der Waals surface area contributed by atoms with Gasteiger partial charge in [0.1, 0.15) is 0 Å². The number of piperidine rings is 1. The minimum atomic E-state index is 0.649. The molecule has 0 spiro atoms. The molecule has 1 aliphatic rings. The molecular formula is C14H18N2. The lowest BCUT2D eigenvalue weighted by atomic mass is 9.82. The van der Waals surface area contributed by atoms with Crippen molar-refractivity contribution in [2.75, 3.05) is 13.1 Å². The Morgan fingerprint density at radius 2 is 2.19 bits per heavy atom. The molecule has 0 radical (unpaired) electrons. The van der Waals surface area contributed by atoms with Gasteiger partial charge in [-0.25, -0.2) is 0 Å². The van der Waals surface area contributed by atoms with Crippen LogP contribution in [0.25, 0.3) is 10.9 Å². The minimum Gasteiger partial charge on any atom is -0.361 e. The second kappa shape index (κ2) is 3.95. The third-order valence-corrected chi connectivity index (χ3v) is 3.85. The number of H-pyrrole nitrogens is 1. The van der Waals surface area contributed by atoms with Crippen molar-refractivity contribution >= 4 is 10.9 Å². The first-order valence-electron chi connectivity index (χ1n) is 6.13. The van der Waals surface area contributed by atoms with Gasteiger partial charge in [-0.2, -0.15) is 0 Å². The Bertz CT molecular complexity index is 486. The molecule has 1 aromatic heterocycles. The topological polar surface area (TPSA) is 27.8 Å². The van der Waals surface area contributed by atoms with Crippen LogP contribution < -0.4 is 5.32 Å². The second-order valence-corrected chi connectivity index (χ2v) is 4.87. The minimum absolute atomic E-state index is 0.649. The predicted octanol–water partition coefficient (Wildman–Crippen LogP) is 2.88. The van der Waals surface area contributed by atoms with Gasteiger partial charge in [0.15, 0.2) is 0 Å². The molecule has 2 heterocycles. The molecule has 2 aromatic rings. The average molecular weight is 214 g/mol. The highest BCUT2D eigenvalue weighted by atomic mass is 14.9. The van der Waals surface area contributed by atoms with Gasteiger partial charge in [0, 0.05) is 24.2 Å². The molecular weight excluding hydrogens is 196 g/mol. The monoisotopic (exact) mass is 214 g/mol. The second-order valence-electron chi connectivity index (χ2n) is 4.87. The van der Waals surface area contributed by atoms with Crippen LogP contribution in [0.15, 0.2) is 30.5 Å². The van der Waals surface area contributed by atoms with E-state index >= 15 is 0 Å². The van der Waals surface area contributed by atoms with Gasteiger partial charge < -0.3 is 10.3 Å². The maximum Gasteiger partial charge on any atom is 0.0489 e. The van der Waals surface area contributed by atoms with Crippen molar-refractivity contribution in [3.63, 3.8) is 0 Å². The van der Waals surface area contributed by atoms with Crippen LogP contribution in [0.4, 0.5) is 0 Å². The highest BCUT2D eigenvalue weighted by Crippen LogP contribution is 2.32. The van der Waals surface area contributed by atoms with Crippen LogP contribution in [0.3, 0.4) is 0 Å². The molecule has 3 rings (SSSR count). The average Bonchev–Trinajstić information content (AvgIpc) is 2.77. The molecule has 2 heteroatoms.